The number of aliphatic hydroxyl groups excluding tert-OH is 1. The van der Waals surface area contributed by atoms with Gasteiger partial charge in [0.05, 0.1) is 19.8 Å². The van der Waals surface area contributed by atoms with Gasteiger partial charge in [0, 0.05) is 56.9 Å². The SMILES string of the molecule is CCNC(=NCC(O)c1ccncc1)N1CCN(c2cccc(OC)c2)CC1.I. The molecule has 2 aromatic rings. The highest BCUT2D eigenvalue weighted by Gasteiger charge is 2.20. The third kappa shape index (κ3) is 6.46. The lowest BCUT2D eigenvalue weighted by Gasteiger charge is -2.37. The normalized spacial score (nSPS) is 15.5. The first kappa shape index (κ1) is 23.2. The fraction of sp³-hybridized carbons (Fsp3) is 0.429. The van der Waals surface area contributed by atoms with Gasteiger partial charge >= 0.3 is 0 Å². The van der Waals surface area contributed by atoms with Crippen LogP contribution in [0.1, 0.15) is 18.6 Å². The number of anilines is 1. The van der Waals surface area contributed by atoms with Crippen LogP contribution in [0.3, 0.4) is 0 Å². The number of hydrogen-bond acceptors (Lipinski definition) is 5. The van der Waals surface area contributed by atoms with E-state index in [9.17, 15) is 5.11 Å². The number of aliphatic hydroxyl groups is 1. The van der Waals surface area contributed by atoms with Gasteiger partial charge in [-0.25, -0.2) is 0 Å². The van der Waals surface area contributed by atoms with E-state index in [0.29, 0.717) is 6.54 Å². The predicted octanol–water partition coefficient (Wildman–Crippen LogP) is 2.53. The number of nitrogens with one attached hydrogen (secondary N) is 1. The standard InChI is InChI=1S/C21H29N5O2.HI/c1-3-23-21(24-16-20(27)17-7-9-22-10-8-17)26-13-11-25(12-14-26)18-5-4-6-19(15-18)28-2;/h4-10,15,20,27H,3,11-14,16H2,1-2H3,(H,23,24);1H. The molecule has 1 saturated heterocycles. The maximum absolute atomic E-state index is 10.4. The average molecular weight is 511 g/mol. The second kappa shape index (κ2) is 11.8. The predicted molar refractivity (Wildman–Crippen MR) is 127 cm³/mol. The average Bonchev–Trinajstić information content (AvgIpc) is 2.77. The van der Waals surface area contributed by atoms with Gasteiger partial charge in [0.2, 0.25) is 0 Å². The van der Waals surface area contributed by atoms with Crippen molar-refractivity contribution in [3.05, 3.63) is 54.4 Å². The number of halogens is 1. The summed E-state index contributed by atoms with van der Waals surface area (Å²) in [5.74, 6) is 1.72. The van der Waals surface area contributed by atoms with Crippen molar-refractivity contribution in [3.63, 3.8) is 0 Å². The van der Waals surface area contributed by atoms with Crippen LogP contribution in [0.25, 0.3) is 0 Å². The molecule has 158 valence electrons. The Kier molecular flexibility index (Phi) is 9.46. The van der Waals surface area contributed by atoms with Crippen molar-refractivity contribution >= 4 is 35.6 Å². The molecule has 1 aromatic heterocycles. The summed E-state index contributed by atoms with van der Waals surface area (Å²) in [7, 11) is 1.69. The molecule has 0 spiro atoms. The first-order valence-corrected chi connectivity index (χ1v) is 9.71. The van der Waals surface area contributed by atoms with Gasteiger partial charge < -0.3 is 25.0 Å². The number of ether oxygens (including phenoxy) is 1. The van der Waals surface area contributed by atoms with Crippen molar-refractivity contribution in [2.75, 3.05) is 51.3 Å². The summed E-state index contributed by atoms with van der Waals surface area (Å²) in [6, 6.07) is 11.8. The van der Waals surface area contributed by atoms with Crippen molar-refractivity contribution in [1.29, 1.82) is 0 Å². The zero-order chi connectivity index (χ0) is 19.8. The Morgan fingerprint density at radius 3 is 2.59 bits per heavy atom. The van der Waals surface area contributed by atoms with Crippen molar-refractivity contribution in [2.24, 2.45) is 4.99 Å². The number of hydrogen-bond donors (Lipinski definition) is 2. The third-order valence-electron chi connectivity index (χ3n) is 4.84. The van der Waals surface area contributed by atoms with E-state index in [4.69, 9.17) is 4.74 Å². The number of rotatable bonds is 6. The van der Waals surface area contributed by atoms with Gasteiger partial charge in [-0.3, -0.25) is 9.98 Å². The van der Waals surface area contributed by atoms with E-state index < -0.39 is 6.10 Å². The molecule has 8 heteroatoms. The number of methoxy groups -OCH3 is 1. The van der Waals surface area contributed by atoms with E-state index in [1.54, 1.807) is 19.5 Å². The Bertz CT molecular complexity index is 767. The molecule has 0 radical (unpaired) electrons. The first-order chi connectivity index (χ1) is 13.7. The van der Waals surface area contributed by atoms with Gasteiger partial charge in [-0.15, -0.1) is 24.0 Å². The number of piperazine rings is 1. The Balaban J connectivity index is 0.00000300. The van der Waals surface area contributed by atoms with Crippen molar-refractivity contribution < 1.29 is 9.84 Å². The van der Waals surface area contributed by atoms with Crippen LogP contribution in [0, 0.1) is 0 Å². The van der Waals surface area contributed by atoms with Gasteiger partial charge in [0.15, 0.2) is 5.96 Å². The highest BCUT2D eigenvalue weighted by molar-refractivity contribution is 14.0. The third-order valence-corrected chi connectivity index (χ3v) is 4.84. The molecule has 1 fully saturated rings. The number of nitrogens with zero attached hydrogens (tertiary/aromatic N) is 4. The molecule has 0 amide bonds. The molecule has 0 saturated carbocycles. The molecule has 1 aromatic carbocycles. The Morgan fingerprint density at radius 1 is 1.21 bits per heavy atom. The first-order valence-electron chi connectivity index (χ1n) is 9.71. The number of aliphatic imine (C=N–C) groups is 1. The molecule has 1 aliphatic heterocycles. The number of guanidine groups is 1. The monoisotopic (exact) mass is 511 g/mol. The smallest absolute Gasteiger partial charge is 0.194 e. The zero-order valence-corrected chi connectivity index (χ0v) is 19.3. The molecular weight excluding hydrogens is 481 g/mol. The summed E-state index contributed by atoms with van der Waals surface area (Å²) in [6.07, 6.45) is 2.74. The molecule has 0 aliphatic carbocycles. The van der Waals surface area contributed by atoms with Crippen LogP contribution in [-0.4, -0.2) is 67.3 Å². The van der Waals surface area contributed by atoms with Gasteiger partial charge in [-0.2, -0.15) is 0 Å². The minimum Gasteiger partial charge on any atom is -0.497 e. The van der Waals surface area contributed by atoms with Crippen molar-refractivity contribution in [3.8, 4) is 5.75 Å². The molecule has 3 rings (SSSR count). The summed E-state index contributed by atoms with van der Waals surface area (Å²) in [5.41, 5.74) is 2.01. The van der Waals surface area contributed by atoms with E-state index in [0.717, 1.165) is 50.0 Å². The highest BCUT2D eigenvalue weighted by atomic mass is 127. The van der Waals surface area contributed by atoms with Gasteiger partial charge in [-0.1, -0.05) is 6.07 Å². The van der Waals surface area contributed by atoms with E-state index >= 15 is 0 Å². The van der Waals surface area contributed by atoms with Gasteiger partial charge in [0.25, 0.3) is 0 Å². The Labute approximate surface area is 189 Å². The number of pyridine rings is 1. The quantitative estimate of drug-likeness (QED) is 0.353. The molecular formula is C21H30IN5O2. The lowest BCUT2D eigenvalue weighted by molar-refractivity contribution is 0.186. The second-order valence-electron chi connectivity index (χ2n) is 6.67. The Hall–Kier alpha value is -2.07. The molecule has 2 N–H and O–H groups in total. The van der Waals surface area contributed by atoms with Crippen LogP contribution in [0.15, 0.2) is 53.8 Å². The van der Waals surface area contributed by atoms with Crippen LogP contribution in [0.2, 0.25) is 0 Å². The molecule has 1 aliphatic rings. The second-order valence-corrected chi connectivity index (χ2v) is 6.67. The molecule has 0 bridgehead atoms. The van der Waals surface area contributed by atoms with E-state index in [2.05, 4.69) is 44.1 Å². The number of benzene rings is 1. The minimum absolute atomic E-state index is 0. The van der Waals surface area contributed by atoms with Gasteiger partial charge in [-0.05, 0) is 36.8 Å². The molecule has 29 heavy (non-hydrogen) atoms. The minimum atomic E-state index is -0.630. The van der Waals surface area contributed by atoms with E-state index in [1.807, 2.05) is 24.3 Å². The maximum Gasteiger partial charge on any atom is 0.194 e. The summed E-state index contributed by atoms with van der Waals surface area (Å²) in [5, 5.41) is 13.7. The molecule has 7 nitrogen and oxygen atoms in total. The summed E-state index contributed by atoms with van der Waals surface area (Å²) >= 11 is 0. The Morgan fingerprint density at radius 2 is 1.93 bits per heavy atom. The van der Waals surface area contributed by atoms with Crippen LogP contribution in [0.4, 0.5) is 5.69 Å². The fourth-order valence-electron chi connectivity index (χ4n) is 3.27. The van der Waals surface area contributed by atoms with Crippen molar-refractivity contribution in [1.82, 2.24) is 15.2 Å². The number of aromatic nitrogens is 1. The van der Waals surface area contributed by atoms with E-state index in [1.165, 1.54) is 5.69 Å². The topological polar surface area (TPSA) is 73.2 Å². The summed E-state index contributed by atoms with van der Waals surface area (Å²) < 4.78 is 5.33. The van der Waals surface area contributed by atoms with Crippen LogP contribution < -0.4 is 15.0 Å². The van der Waals surface area contributed by atoms with Crippen LogP contribution >= 0.6 is 24.0 Å². The summed E-state index contributed by atoms with van der Waals surface area (Å²) in [4.78, 5) is 13.3. The maximum atomic E-state index is 10.4. The molecule has 1 atom stereocenters. The molecule has 1 unspecified atom stereocenters. The lowest BCUT2D eigenvalue weighted by Crippen LogP contribution is -2.52. The largest absolute Gasteiger partial charge is 0.497 e. The van der Waals surface area contributed by atoms with Crippen LogP contribution in [0.5, 0.6) is 5.75 Å². The van der Waals surface area contributed by atoms with E-state index in [-0.39, 0.29) is 24.0 Å². The zero-order valence-electron chi connectivity index (χ0n) is 17.0. The molecule has 2 heterocycles. The highest BCUT2D eigenvalue weighted by Crippen LogP contribution is 2.22. The van der Waals surface area contributed by atoms with Gasteiger partial charge in [0.1, 0.15) is 5.75 Å². The van der Waals surface area contributed by atoms with Crippen molar-refractivity contribution in [2.45, 2.75) is 13.0 Å². The van der Waals surface area contributed by atoms with Crippen LogP contribution in [-0.2, 0) is 0 Å². The lowest BCUT2D eigenvalue weighted by atomic mass is 10.1. The fourth-order valence-corrected chi connectivity index (χ4v) is 3.27. The summed E-state index contributed by atoms with van der Waals surface area (Å²) in [6.45, 7) is 6.72.